The number of nitrogens with one attached hydrogen (secondary N) is 1. The molecule has 4 atom stereocenters. The molecule has 0 spiro atoms. The summed E-state index contributed by atoms with van der Waals surface area (Å²) in [6.07, 6.45) is 4.63. The van der Waals surface area contributed by atoms with Gasteiger partial charge in [-0.15, -0.1) is 0 Å². The molecule has 0 aromatic heterocycles. The molecule has 4 rings (SSSR count). The molecule has 0 aromatic rings. The molecule has 0 amide bonds. The van der Waals surface area contributed by atoms with Crippen molar-refractivity contribution in [2.45, 2.75) is 31.3 Å². The summed E-state index contributed by atoms with van der Waals surface area (Å²) in [6, 6.07) is 1.61. The Morgan fingerprint density at radius 1 is 1.00 bits per heavy atom. The van der Waals surface area contributed by atoms with Gasteiger partial charge in [0.15, 0.2) is 0 Å². The van der Waals surface area contributed by atoms with Crippen LogP contribution < -0.4 is 5.32 Å². The maximum atomic E-state index is 5.19. The largest absolute Gasteiger partial charge is 0.378 e. The van der Waals surface area contributed by atoms with Crippen LogP contribution in [0.4, 0.5) is 0 Å². The molecule has 2 nitrogen and oxygen atoms in total. The van der Waals surface area contributed by atoms with E-state index in [1.54, 1.807) is 6.42 Å². The van der Waals surface area contributed by atoms with Gasteiger partial charge in [0.25, 0.3) is 0 Å². The van der Waals surface area contributed by atoms with Crippen LogP contribution in [0.15, 0.2) is 0 Å². The summed E-state index contributed by atoms with van der Waals surface area (Å²) in [5, 5.41) is 3.77. The van der Waals surface area contributed by atoms with E-state index in [-0.39, 0.29) is 0 Å². The standard InChI is InChI=1S/C11H17NO/c1-2-7-3-6(1)9-10(7)11(9)12-8-4-13-5-8/h6-12H,1-5H2. The van der Waals surface area contributed by atoms with Gasteiger partial charge >= 0.3 is 0 Å². The van der Waals surface area contributed by atoms with Crippen molar-refractivity contribution in [3.05, 3.63) is 0 Å². The van der Waals surface area contributed by atoms with Gasteiger partial charge in [0, 0.05) is 6.04 Å². The van der Waals surface area contributed by atoms with E-state index in [9.17, 15) is 0 Å². The Labute approximate surface area is 79.0 Å². The van der Waals surface area contributed by atoms with Crippen LogP contribution in [0.1, 0.15) is 19.3 Å². The fourth-order valence-corrected chi connectivity index (χ4v) is 4.15. The van der Waals surface area contributed by atoms with E-state index in [4.69, 9.17) is 4.74 Å². The van der Waals surface area contributed by atoms with Gasteiger partial charge in [-0.05, 0) is 42.9 Å². The van der Waals surface area contributed by atoms with E-state index >= 15 is 0 Å². The van der Waals surface area contributed by atoms with Gasteiger partial charge in [0.2, 0.25) is 0 Å². The quantitative estimate of drug-likeness (QED) is 0.683. The van der Waals surface area contributed by atoms with Crippen LogP contribution in [-0.2, 0) is 4.74 Å². The molecule has 1 heterocycles. The fraction of sp³-hybridized carbons (Fsp3) is 1.00. The van der Waals surface area contributed by atoms with Crippen molar-refractivity contribution in [3.63, 3.8) is 0 Å². The SMILES string of the molecule is C1OCC1NC1C2C3CCC(C3)C12. The second-order valence-electron chi connectivity index (χ2n) is 5.41. The molecule has 1 aliphatic heterocycles. The summed E-state index contributed by atoms with van der Waals surface area (Å²) < 4.78 is 5.19. The van der Waals surface area contributed by atoms with Gasteiger partial charge in [-0.2, -0.15) is 0 Å². The summed E-state index contributed by atoms with van der Waals surface area (Å²) in [5.74, 6) is 4.38. The molecule has 4 aliphatic rings. The van der Waals surface area contributed by atoms with E-state index in [0.717, 1.165) is 42.9 Å². The highest BCUT2D eigenvalue weighted by atomic mass is 16.5. The highest BCUT2D eigenvalue weighted by Crippen LogP contribution is 2.65. The topological polar surface area (TPSA) is 21.3 Å². The van der Waals surface area contributed by atoms with Crippen molar-refractivity contribution < 1.29 is 4.74 Å². The number of fused-ring (bicyclic) bond motifs is 5. The van der Waals surface area contributed by atoms with Crippen LogP contribution in [0.2, 0.25) is 0 Å². The molecule has 1 saturated heterocycles. The summed E-state index contributed by atoms with van der Waals surface area (Å²) in [7, 11) is 0. The summed E-state index contributed by atoms with van der Waals surface area (Å²) in [4.78, 5) is 0. The Morgan fingerprint density at radius 3 is 2.23 bits per heavy atom. The lowest BCUT2D eigenvalue weighted by Crippen LogP contribution is -2.48. The molecule has 0 radical (unpaired) electrons. The van der Waals surface area contributed by atoms with E-state index in [1.807, 2.05) is 0 Å². The smallest absolute Gasteiger partial charge is 0.0643 e. The van der Waals surface area contributed by atoms with E-state index in [2.05, 4.69) is 5.32 Å². The van der Waals surface area contributed by atoms with Gasteiger partial charge in [-0.3, -0.25) is 0 Å². The molecule has 72 valence electrons. The fourth-order valence-electron chi connectivity index (χ4n) is 4.15. The minimum Gasteiger partial charge on any atom is -0.378 e. The Bertz CT molecular complexity index is 222. The van der Waals surface area contributed by atoms with E-state index < -0.39 is 0 Å². The Balaban J connectivity index is 1.44. The van der Waals surface area contributed by atoms with Crippen molar-refractivity contribution >= 4 is 0 Å². The second-order valence-corrected chi connectivity index (χ2v) is 5.41. The lowest BCUT2D eigenvalue weighted by atomic mass is 10.0. The first kappa shape index (κ1) is 7.24. The molecule has 3 saturated carbocycles. The Hall–Kier alpha value is -0.0800. The number of hydrogen-bond acceptors (Lipinski definition) is 2. The van der Waals surface area contributed by atoms with Crippen molar-refractivity contribution in [2.24, 2.45) is 23.7 Å². The van der Waals surface area contributed by atoms with Crippen molar-refractivity contribution in [1.29, 1.82) is 0 Å². The molecule has 4 fully saturated rings. The summed E-state index contributed by atoms with van der Waals surface area (Å²) in [6.45, 7) is 1.93. The van der Waals surface area contributed by atoms with Crippen molar-refractivity contribution in [1.82, 2.24) is 5.32 Å². The average Bonchev–Trinajstić information content (AvgIpc) is 2.50. The zero-order chi connectivity index (χ0) is 8.41. The van der Waals surface area contributed by atoms with Crippen molar-refractivity contribution in [2.75, 3.05) is 13.2 Å². The molecular formula is C11H17NO. The molecule has 2 heteroatoms. The summed E-state index contributed by atoms with van der Waals surface area (Å²) >= 11 is 0. The lowest BCUT2D eigenvalue weighted by molar-refractivity contribution is -0.00758. The molecule has 2 bridgehead atoms. The third kappa shape index (κ3) is 0.861. The first-order chi connectivity index (χ1) is 6.43. The van der Waals surface area contributed by atoms with Gasteiger partial charge in [-0.1, -0.05) is 0 Å². The van der Waals surface area contributed by atoms with Crippen LogP contribution in [0.25, 0.3) is 0 Å². The van der Waals surface area contributed by atoms with E-state index in [1.165, 1.54) is 12.8 Å². The molecule has 4 unspecified atom stereocenters. The third-order valence-electron chi connectivity index (χ3n) is 4.80. The Morgan fingerprint density at radius 2 is 1.69 bits per heavy atom. The second kappa shape index (κ2) is 2.29. The van der Waals surface area contributed by atoms with Gasteiger partial charge in [-0.25, -0.2) is 0 Å². The molecule has 13 heavy (non-hydrogen) atoms. The number of ether oxygens (including phenoxy) is 1. The molecular weight excluding hydrogens is 162 g/mol. The van der Waals surface area contributed by atoms with E-state index in [0.29, 0.717) is 6.04 Å². The van der Waals surface area contributed by atoms with Crippen LogP contribution >= 0.6 is 0 Å². The van der Waals surface area contributed by atoms with Crippen LogP contribution in [0.3, 0.4) is 0 Å². The average molecular weight is 179 g/mol. The monoisotopic (exact) mass is 179 g/mol. The molecule has 0 aromatic carbocycles. The normalized spacial score (nSPS) is 57.7. The highest BCUT2D eigenvalue weighted by Gasteiger charge is 2.65. The maximum absolute atomic E-state index is 5.19. The lowest BCUT2D eigenvalue weighted by Gasteiger charge is -2.28. The number of hydrogen-bond donors (Lipinski definition) is 1. The Kier molecular flexibility index (Phi) is 1.28. The maximum Gasteiger partial charge on any atom is 0.0643 e. The minimum absolute atomic E-state index is 0.704. The zero-order valence-corrected chi connectivity index (χ0v) is 7.91. The predicted octanol–water partition coefficient (Wildman–Crippen LogP) is 1.02. The van der Waals surface area contributed by atoms with Crippen LogP contribution in [0, 0.1) is 23.7 Å². The van der Waals surface area contributed by atoms with Crippen LogP contribution in [-0.4, -0.2) is 25.3 Å². The third-order valence-corrected chi connectivity index (χ3v) is 4.80. The minimum atomic E-state index is 0.704. The first-order valence-corrected chi connectivity index (χ1v) is 5.77. The highest BCUT2D eigenvalue weighted by molar-refractivity contribution is 5.17. The predicted molar refractivity (Wildman–Crippen MR) is 49.3 cm³/mol. The van der Waals surface area contributed by atoms with Gasteiger partial charge in [0.1, 0.15) is 0 Å². The molecule has 1 N–H and O–H groups in total. The molecule has 3 aliphatic carbocycles. The van der Waals surface area contributed by atoms with Gasteiger partial charge in [0.05, 0.1) is 19.3 Å². The van der Waals surface area contributed by atoms with Crippen LogP contribution in [0.5, 0.6) is 0 Å². The number of rotatable bonds is 2. The first-order valence-electron chi connectivity index (χ1n) is 5.77. The van der Waals surface area contributed by atoms with Crippen molar-refractivity contribution in [3.8, 4) is 0 Å². The zero-order valence-electron chi connectivity index (χ0n) is 7.91. The van der Waals surface area contributed by atoms with Gasteiger partial charge < -0.3 is 10.1 Å². The summed E-state index contributed by atoms with van der Waals surface area (Å²) in [5.41, 5.74) is 0.